The van der Waals surface area contributed by atoms with Crippen molar-refractivity contribution in [2.45, 2.75) is 96.8 Å². The minimum atomic E-state index is -0.0145. The highest BCUT2D eigenvalue weighted by atomic mass is 16.5. The number of hydrogen-bond donors (Lipinski definition) is 0. The Morgan fingerprint density at radius 3 is 1.66 bits per heavy atom. The first-order chi connectivity index (χ1) is 17.2. The van der Waals surface area contributed by atoms with Crippen molar-refractivity contribution in [3.63, 3.8) is 0 Å². The second-order valence-electron chi connectivity index (χ2n) is 9.44. The number of unbranched alkanes of at least 4 members (excludes halogenated alkanes) is 13. The van der Waals surface area contributed by atoms with E-state index in [-0.39, 0.29) is 5.78 Å². The number of carbonyl (C=O) groups is 1. The Balaban J connectivity index is 1.49. The highest BCUT2D eigenvalue weighted by molar-refractivity contribution is 6.06. The van der Waals surface area contributed by atoms with Crippen LogP contribution in [0.2, 0.25) is 0 Å². The van der Waals surface area contributed by atoms with E-state index in [2.05, 4.69) is 6.92 Å². The maximum atomic E-state index is 12.4. The third kappa shape index (κ3) is 13.2. The fourth-order valence-electron chi connectivity index (χ4n) is 4.19. The van der Waals surface area contributed by atoms with Gasteiger partial charge in [-0.2, -0.15) is 0 Å². The van der Waals surface area contributed by atoms with E-state index in [1.54, 1.807) is 13.2 Å². The van der Waals surface area contributed by atoms with Crippen LogP contribution in [0, 0.1) is 0 Å². The van der Waals surface area contributed by atoms with Crippen LogP contribution in [0.25, 0.3) is 6.08 Å². The summed E-state index contributed by atoms with van der Waals surface area (Å²) in [6.07, 6.45) is 22.4. The maximum absolute atomic E-state index is 12.4. The lowest BCUT2D eigenvalue weighted by Gasteiger charge is -2.07. The zero-order chi connectivity index (χ0) is 25.0. The predicted octanol–water partition coefficient (Wildman–Crippen LogP) is 9.45. The molecule has 0 aliphatic rings. The molecule has 0 bridgehead atoms. The van der Waals surface area contributed by atoms with Gasteiger partial charge in [-0.25, -0.2) is 0 Å². The molecule has 0 radical (unpaired) electrons. The fraction of sp³-hybridized carbons (Fsp3) is 0.531. The van der Waals surface area contributed by atoms with E-state index in [9.17, 15) is 4.79 Å². The van der Waals surface area contributed by atoms with Crippen molar-refractivity contribution < 1.29 is 14.3 Å². The molecule has 35 heavy (non-hydrogen) atoms. The third-order valence-electron chi connectivity index (χ3n) is 6.45. The molecule has 3 heteroatoms. The van der Waals surface area contributed by atoms with Gasteiger partial charge in [-0.3, -0.25) is 4.79 Å². The fourth-order valence-corrected chi connectivity index (χ4v) is 4.19. The first-order valence-electron chi connectivity index (χ1n) is 13.8. The third-order valence-corrected chi connectivity index (χ3v) is 6.45. The maximum Gasteiger partial charge on any atom is 0.185 e. The Labute approximate surface area is 213 Å². The SMILES string of the molecule is CCCCCCCCCCCCCCCCOc1ccc(C(=O)/C=C/c2ccc(OC)cc2)cc1. The Morgan fingerprint density at radius 1 is 0.657 bits per heavy atom. The molecular formula is C32H46O3. The molecule has 2 rings (SSSR count). The number of ether oxygens (including phenoxy) is 2. The summed E-state index contributed by atoms with van der Waals surface area (Å²) in [7, 11) is 1.64. The van der Waals surface area contributed by atoms with Crippen LogP contribution in [-0.2, 0) is 0 Å². The quantitative estimate of drug-likeness (QED) is 0.108. The van der Waals surface area contributed by atoms with Crippen LogP contribution in [0.5, 0.6) is 11.5 Å². The monoisotopic (exact) mass is 478 g/mol. The molecule has 0 N–H and O–H groups in total. The molecule has 0 heterocycles. The number of hydrogen-bond acceptors (Lipinski definition) is 3. The van der Waals surface area contributed by atoms with Crippen LogP contribution in [-0.4, -0.2) is 19.5 Å². The minimum Gasteiger partial charge on any atom is -0.497 e. The summed E-state index contributed by atoms with van der Waals surface area (Å²) in [6, 6.07) is 15.1. The molecular weight excluding hydrogens is 432 g/mol. The van der Waals surface area contributed by atoms with Crippen LogP contribution in [0.1, 0.15) is 113 Å². The average Bonchev–Trinajstić information content (AvgIpc) is 2.90. The molecule has 0 saturated heterocycles. The number of benzene rings is 2. The minimum absolute atomic E-state index is 0.0145. The molecule has 0 unspecified atom stereocenters. The topological polar surface area (TPSA) is 35.5 Å². The normalized spacial score (nSPS) is 11.1. The molecule has 0 saturated carbocycles. The van der Waals surface area contributed by atoms with Crippen molar-refractivity contribution in [3.05, 3.63) is 65.7 Å². The van der Waals surface area contributed by atoms with Crippen LogP contribution >= 0.6 is 0 Å². The summed E-state index contributed by atoms with van der Waals surface area (Å²) < 4.78 is 11.0. The summed E-state index contributed by atoms with van der Waals surface area (Å²) in [5.41, 5.74) is 1.63. The van der Waals surface area contributed by atoms with E-state index in [0.29, 0.717) is 5.56 Å². The molecule has 0 amide bonds. The lowest BCUT2D eigenvalue weighted by Crippen LogP contribution is -1.99. The van der Waals surface area contributed by atoms with Crippen molar-refractivity contribution in [3.8, 4) is 11.5 Å². The van der Waals surface area contributed by atoms with Crippen LogP contribution < -0.4 is 9.47 Å². The lowest BCUT2D eigenvalue weighted by atomic mass is 10.0. The summed E-state index contributed by atoms with van der Waals surface area (Å²) in [6.45, 7) is 3.02. The second-order valence-corrected chi connectivity index (χ2v) is 9.44. The van der Waals surface area contributed by atoms with Gasteiger partial charge in [-0.1, -0.05) is 109 Å². The van der Waals surface area contributed by atoms with Gasteiger partial charge in [0.1, 0.15) is 11.5 Å². The number of ketones is 1. The molecule has 192 valence electrons. The van der Waals surface area contributed by atoms with Gasteiger partial charge in [0.15, 0.2) is 5.78 Å². The first kappa shape index (κ1) is 28.7. The molecule has 0 aromatic heterocycles. The lowest BCUT2D eigenvalue weighted by molar-refractivity contribution is 0.104. The Hall–Kier alpha value is -2.55. The average molecular weight is 479 g/mol. The zero-order valence-electron chi connectivity index (χ0n) is 22.1. The Morgan fingerprint density at radius 2 is 1.14 bits per heavy atom. The molecule has 0 aliphatic carbocycles. The van der Waals surface area contributed by atoms with E-state index in [1.807, 2.05) is 54.6 Å². The molecule has 2 aromatic rings. The molecule has 0 spiro atoms. The van der Waals surface area contributed by atoms with Crippen molar-refractivity contribution in [1.29, 1.82) is 0 Å². The second kappa shape index (κ2) is 18.7. The van der Waals surface area contributed by atoms with Crippen molar-refractivity contribution in [2.24, 2.45) is 0 Å². The van der Waals surface area contributed by atoms with Crippen LogP contribution in [0.3, 0.4) is 0 Å². The van der Waals surface area contributed by atoms with E-state index >= 15 is 0 Å². The van der Waals surface area contributed by atoms with E-state index in [0.717, 1.165) is 30.1 Å². The van der Waals surface area contributed by atoms with Gasteiger partial charge in [0.05, 0.1) is 13.7 Å². The molecule has 2 aromatic carbocycles. The number of rotatable bonds is 20. The van der Waals surface area contributed by atoms with Crippen molar-refractivity contribution >= 4 is 11.9 Å². The summed E-state index contributed by atoms with van der Waals surface area (Å²) in [5, 5.41) is 0. The van der Waals surface area contributed by atoms with Crippen LogP contribution in [0.4, 0.5) is 0 Å². The van der Waals surface area contributed by atoms with Gasteiger partial charge in [0.25, 0.3) is 0 Å². The van der Waals surface area contributed by atoms with E-state index in [1.165, 1.54) is 83.5 Å². The van der Waals surface area contributed by atoms with E-state index < -0.39 is 0 Å². The van der Waals surface area contributed by atoms with Crippen LogP contribution in [0.15, 0.2) is 54.6 Å². The largest absolute Gasteiger partial charge is 0.497 e. The van der Waals surface area contributed by atoms with Gasteiger partial charge in [0.2, 0.25) is 0 Å². The number of methoxy groups -OCH3 is 1. The highest BCUT2D eigenvalue weighted by Crippen LogP contribution is 2.17. The molecule has 0 atom stereocenters. The summed E-state index contributed by atoms with van der Waals surface area (Å²) >= 11 is 0. The molecule has 0 fully saturated rings. The van der Waals surface area contributed by atoms with Crippen molar-refractivity contribution in [1.82, 2.24) is 0 Å². The van der Waals surface area contributed by atoms with Gasteiger partial charge in [-0.15, -0.1) is 0 Å². The summed E-state index contributed by atoms with van der Waals surface area (Å²) in [4.78, 5) is 12.4. The van der Waals surface area contributed by atoms with Gasteiger partial charge >= 0.3 is 0 Å². The zero-order valence-corrected chi connectivity index (χ0v) is 22.1. The number of allylic oxidation sites excluding steroid dienone is 1. The standard InChI is InChI=1S/C32H46O3/c1-3-4-5-6-7-8-9-10-11-12-13-14-15-16-27-35-31-24-20-29(21-25-31)32(33)26-19-28-17-22-30(34-2)23-18-28/h17-26H,3-16,27H2,1-2H3/b26-19+. The van der Waals surface area contributed by atoms with Gasteiger partial charge in [-0.05, 0) is 54.5 Å². The molecule has 0 aliphatic heterocycles. The Bertz CT molecular complexity index is 821. The van der Waals surface area contributed by atoms with Gasteiger partial charge < -0.3 is 9.47 Å². The summed E-state index contributed by atoms with van der Waals surface area (Å²) in [5.74, 6) is 1.62. The molecule has 3 nitrogen and oxygen atoms in total. The first-order valence-corrected chi connectivity index (χ1v) is 13.8. The smallest absolute Gasteiger partial charge is 0.185 e. The predicted molar refractivity (Wildman–Crippen MR) is 149 cm³/mol. The Kier molecular flexibility index (Phi) is 15.4. The van der Waals surface area contributed by atoms with E-state index in [4.69, 9.17) is 9.47 Å². The number of carbonyl (C=O) groups excluding carboxylic acids is 1. The van der Waals surface area contributed by atoms with Gasteiger partial charge in [0, 0.05) is 5.56 Å². The highest BCUT2D eigenvalue weighted by Gasteiger charge is 2.03. The van der Waals surface area contributed by atoms with Crippen molar-refractivity contribution in [2.75, 3.05) is 13.7 Å².